The van der Waals surface area contributed by atoms with Crippen molar-refractivity contribution in [2.75, 3.05) is 0 Å². The van der Waals surface area contributed by atoms with Gasteiger partial charge >= 0.3 is 0 Å². The Balaban J connectivity index is 2.17. The van der Waals surface area contributed by atoms with Gasteiger partial charge in [-0.05, 0) is 57.7 Å². The molecule has 0 aliphatic heterocycles. The second kappa shape index (κ2) is 6.85. The highest BCUT2D eigenvalue weighted by Crippen LogP contribution is 2.43. The summed E-state index contributed by atoms with van der Waals surface area (Å²) in [5.41, 5.74) is 1.73. The van der Waals surface area contributed by atoms with Crippen molar-refractivity contribution in [2.24, 2.45) is 0 Å². The quantitative estimate of drug-likeness (QED) is 0.819. The molecule has 0 saturated carbocycles. The van der Waals surface area contributed by atoms with Crippen LogP contribution in [-0.4, -0.2) is 20.2 Å². The van der Waals surface area contributed by atoms with E-state index in [1.54, 1.807) is 24.5 Å². The van der Waals surface area contributed by atoms with Crippen LogP contribution in [-0.2, 0) is 12.8 Å². The first-order valence-corrected chi connectivity index (χ1v) is 8.50. The lowest BCUT2D eigenvalue weighted by Crippen LogP contribution is -1.88. The van der Waals surface area contributed by atoms with E-state index in [0.717, 1.165) is 24.0 Å². The Morgan fingerprint density at radius 1 is 0.850 bits per heavy atom. The number of pyridine rings is 2. The average Bonchev–Trinajstić information content (AvgIpc) is 2.47. The van der Waals surface area contributed by atoms with Crippen LogP contribution in [0.3, 0.4) is 0 Å². The fourth-order valence-electron chi connectivity index (χ4n) is 1.72. The smallest absolute Gasteiger partial charge is 0.151 e. The second-order valence-corrected chi connectivity index (χ2v) is 6.23. The molecule has 0 aliphatic rings. The van der Waals surface area contributed by atoms with Gasteiger partial charge in [-0.1, -0.05) is 13.8 Å². The highest BCUT2D eigenvalue weighted by Gasteiger charge is 2.12. The van der Waals surface area contributed by atoms with E-state index in [1.165, 1.54) is 21.6 Å². The minimum Gasteiger partial charge on any atom is -0.505 e. The molecule has 2 N–H and O–H groups in total. The van der Waals surface area contributed by atoms with Crippen molar-refractivity contribution in [1.82, 2.24) is 9.97 Å². The summed E-state index contributed by atoms with van der Waals surface area (Å²) in [4.78, 5) is 8.31. The fourth-order valence-corrected chi connectivity index (χ4v) is 3.71. The maximum atomic E-state index is 10.1. The molecule has 0 aliphatic carbocycles. The highest BCUT2D eigenvalue weighted by atomic mass is 33.1. The molecule has 0 bridgehead atoms. The van der Waals surface area contributed by atoms with Crippen molar-refractivity contribution in [2.45, 2.75) is 36.7 Å². The van der Waals surface area contributed by atoms with Crippen LogP contribution in [0.5, 0.6) is 11.5 Å². The normalized spacial score (nSPS) is 10.7. The summed E-state index contributed by atoms with van der Waals surface area (Å²) in [6.45, 7) is 3.96. The van der Waals surface area contributed by atoms with Crippen molar-refractivity contribution < 1.29 is 10.2 Å². The van der Waals surface area contributed by atoms with Crippen LogP contribution in [0.15, 0.2) is 34.6 Å². The van der Waals surface area contributed by atoms with Crippen LogP contribution in [0.25, 0.3) is 0 Å². The first-order chi connectivity index (χ1) is 9.67. The van der Waals surface area contributed by atoms with Gasteiger partial charge in [-0.2, -0.15) is 0 Å². The summed E-state index contributed by atoms with van der Waals surface area (Å²) in [5, 5.41) is 21.2. The molecule has 0 radical (unpaired) electrons. The Morgan fingerprint density at radius 3 is 1.60 bits per heavy atom. The van der Waals surface area contributed by atoms with Gasteiger partial charge in [-0.15, -0.1) is 0 Å². The summed E-state index contributed by atoms with van der Waals surface area (Å²) in [6.07, 6.45) is 4.86. The third-order valence-corrected chi connectivity index (χ3v) is 5.10. The molecule has 0 aromatic carbocycles. The third kappa shape index (κ3) is 3.19. The van der Waals surface area contributed by atoms with E-state index in [9.17, 15) is 10.2 Å². The van der Waals surface area contributed by atoms with Crippen molar-refractivity contribution in [3.63, 3.8) is 0 Å². The SMILES string of the molecule is CCc1ccnc(SSc2nccc(CC)c2O)c1O. The Morgan fingerprint density at radius 2 is 1.25 bits per heavy atom. The van der Waals surface area contributed by atoms with E-state index < -0.39 is 0 Å². The first-order valence-electron chi connectivity index (χ1n) is 6.35. The molecular formula is C14H16N2O2S2. The zero-order chi connectivity index (χ0) is 14.5. The zero-order valence-corrected chi connectivity index (χ0v) is 13.0. The Labute approximate surface area is 126 Å². The molecule has 0 amide bonds. The molecule has 0 atom stereocenters. The van der Waals surface area contributed by atoms with Crippen molar-refractivity contribution in [3.8, 4) is 11.5 Å². The van der Waals surface area contributed by atoms with E-state index >= 15 is 0 Å². The largest absolute Gasteiger partial charge is 0.505 e. The number of aryl methyl sites for hydroxylation is 2. The number of hydrogen-bond donors (Lipinski definition) is 2. The fraction of sp³-hybridized carbons (Fsp3) is 0.286. The molecule has 4 nitrogen and oxygen atoms in total. The van der Waals surface area contributed by atoms with Crippen molar-refractivity contribution in [1.29, 1.82) is 0 Å². The Kier molecular flexibility index (Phi) is 5.14. The molecule has 0 spiro atoms. The number of aromatic hydroxyl groups is 2. The van der Waals surface area contributed by atoms with E-state index in [1.807, 2.05) is 13.8 Å². The Bertz CT molecular complexity index is 552. The molecule has 20 heavy (non-hydrogen) atoms. The second-order valence-electron chi connectivity index (χ2n) is 4.12. The molecule has 2 aromatic heterocycles. The maximum absolute atomic E-state index is 10.1. The number of hydrogen-bond acceptors (Lipinski definition) is 6. The van der Waals surface area contributed by atoms with Crippen LogP contribution in [0.1, 0.15) is 25.0 Å². The lowest BCUT2D eigenvalue weighted by molar-refractivity contribution is 0.449. The number of nitrogens with zero attached hydrogens (tertiary/aromatic N) is 2. The predicted molar refractivity (Wildman–Crippen MR) is 82.3 cm³/mol. The third-order valence-electron chi connectivity index (χ3n) is 2.91. The summed E-state index contributed by atoms with van der Waals surface area (Å²) in [7, 11) is 2.59. The van der Waals surface area contributed by atoms with Gasteiger partial charge in [-0.25, -0.2) is 9.97 Å². The lowest BCUT2D eigenvalue weighted by atomic mass is 10.2. The molecule has 2 rings (SSSR count). The average molecular weight is 308 g/mol. The number of rotatable bonds is 5. The van der Waals surface area contributed by atoms with Crippen LogP contribution < -0.4 is 0 Å². The van der Waals surface area contributed by atoms with Crippen molar-refractivity contribution >= 4 is 21.6 Å². The standard InChI is InChI=1S/C14H16N2O2S2/c1-3-9-5-7-15-13(11(9)17)19-20-14-12(18)10(4-2)6-8-16-14/h5-8,17-18H,3-4H2,1-2H3. The van der Waals surface area contributed by atoms with Gasteiger partial charge in [-0.3, -0.25) is 0 Å². The minimum absolute atomic E-state index is 0.207. The molecule has 0 fully saturated rings. The van der Waals surface area contributed by atoms with Gasteiger partial charge in [0.1, 0.15) is 10.1 Å². The Hall–Kier alpha value is -1.40. The first kappa shape index (κ1) is 15.0. The van der Waals surface area contributed by atoms with E-state index in [-0.39, 0.29) is 11.5 Å². The van der Waals surface area contributed by atoms with Gasteiger partial charge in [0.2, 0.25) is 0 Å². The lowest BCUT2D eigenvalue weighted by Gasteiger charge is -2.08. The van der Waals surface area contributed by atoms with Crippen LogP contribution in [0.4, 0.5) is 0 Å². The van der Waals surface area contributed by atoms with Gasteiger partial charge in [0, 0.05) is 12.4 Å². The van der Waals surface area contributed by atoms with Crippen LogP contribution in [0, 0.1) is 0 Å². The molecular weight excluding hydrogens is 292 g/mol. The highest BCUT2D eigenvalue weighted by molar-refractivity contribution is 8.76. The van der Waals surface area contributed by atoms with Gasteiger partial charge < -0.3 is 10.2 Å². The molecule has 0 unspecified atom stereocenters. The molecule has 106 valence electrons. The minimum atomic E-state index is 0.207. The van der Waals surface area contributed by atoms with Gasteiger partial charge in [0.05, 0.1) is 0 Å². The summed E-state index contributed by atoms with van der Waals surface area (Å²) < 4.78 is 0. The monoisotopic (exact) mass is 308 g/mol. The molecule has 2 heterocycles. The zero-order valence-electron chi connectivity index (χ0n) is 11.3. The van der Waals surface area contributed by atoms with E-state index in [0.29, 0.717) is 10.1 Å². The molecule has 0 saturated heterocycles. The molecule has 6 heteroatoms. The van der Waals surface area contributed by atoms with Gasteiger partial charge in [0.15, 0.2) is 11.5 Å². The van der Waals surface area contributed by atoms with Crippen LogP contribution in [0.2, 0.25) is 0 Å². The maximum Gasteiger partial charge on any atom is 0.151 e. The topological polar surface area (TPSA) is 66.2 Å². The summed E-state index contributed by atoms with van der Waals surface area (Å²) in [6, 6.07) is 3.61. The summed E-state index contributed by atoms with van der Waals surface area (Å²) >= 11 is 0. The van der Waals surface area contributed by atoms with E-state index in [2.05, 4.69) is 9.97 Å². The van der Waals surface area contributed by atoms with Crippen molar-refractivity contribution in [3.05, 3.63) is 35.7 Å². The van der Waals surface area contributed by atoms with Crippen LogP contribution >= 0.6 is 21.6 Å². The van der Waals surface area contributed by atoms with E-state index in [4.69, 9.17) is 0 Å². The predicted octanol–water partition coefficient (Wildman–Crippen LogP) is 3.81. The summed E-state index contributed by atoms with van der Waals surface area (Å²) in [5.74, 6) is 0.414. The number of aromatic nitrogens is 2. The van der Waals surface area contributed by atoms with Gasteiger partial charge in [0.25, 0.3) is 0 Å². The molecule has 2 aromatic rings.